The normalized spacial score (nSPS) is 38.5. The van der Waals surface area contributed by atoms with Crippen LogP contribution >= 0.6 is 0 Å². The topological polar surface area (TPSA) is 62.0 Å². The number of hydrogen-bond donors (Lipinski definition) is 2. The van der Waals surface area contributed by atoms with Gasteiger partial charge in [0.25, 0.3) is 6.21 Å². The summed E-state index contributed by atoms with van der Waals surface area (Å²) < 4.78 is 40.9. The van der Waals surface area contributed by atoms with Crippen molar-refractivity contribution in [3.8, 4) is 0 Å². The predicted octanol–water partition coefficient (Wildman–Crippen LogP) is 1.27. The summed E-state index contributed by atoms with van der Waals surface area (Å²) in [6.45, 7) is 3.00. The van der Waals surface area contributed by atoms with Crippen LogP contribution in [0.4, 0.5) is 8.78 Å². The molecular weight excluding hydrogens is 346 g/mol. The van der Waals surface area contributed by atoms with Crippen molar-refractivity contribution in [1.29, 1.82) is 0 Å². The Kier molecular flexibility index (Phi) is 4.81. The molecule has 0 amide bonds. The minimum Gasteiger partial charge on any atom is -0.308 e. The average Bonchev–Trinajstić information content (AvgIpc) is 3.17. The van der Waals surface area contributed by atoms with E-state index in [9.17, 15) is 13.3 Å². The molecule has 8 heteroatoms. The van der Waals surface area contributed by atoms with Gasteiger partial charge in [-0.2, -0.15) is 13.3 Å². The van der Waals surface area contributed by atoms with E-state index in [-0.39, 0.29) is 12.1 Å². The Morgan fingerprint density at radius 1 is 1.44 bits per heavy atom. The molecule has 1 aliphatic carbocycles. The summed E-state index contributed by atoms with van der Waals surface area (Å²) in [4.78, 5) is 4.55. The van der Waals surface area contributed by atoms with Gasteiger partial charge in [-0.3, -0.25) is 4.99 Å². The van der Waals surface area contributed by atoms with Crippen LogP contribution in [0, 0.1) is 11.8 Å². The summed E-state index contributed by atoms with van der Waals surface area (Å²) in [7, 11) is 0. The molecule has 4 rings (SSSR count). The van der Waals surface area contributed by atoms with Crippen molar-refractivity contribution in [1.82, 2.24) is 14.3 Å². The zero-order valence-corrected chi connectivity index (χ0v) is 15.0. The van der Waals surface area contributed by atoms with Crippen molar-refractivity contribution in [2.24, 2.45) is 16.8 Å². The third kappa shape index (κ3) is 3.46. The van der Waals surface area contributed by atoms with Crippen LogP contribution in [0.1, 0.15) is 26.2 Å². The van der Waals surface area contributed by atoms with Gasteiger partial charge in [-0.05, 0) is 25.2 Å². The standard InChI is InChI=1S/C17H24F2N4OS/c1-10-4-12(7-20-10)11-5-13-8-21-16(13)15(6-11)22-14-2-3-23(9-14)25(24)17(18)19/h4,7-8,11,13-17,22,24H,2-3,5-6,9H2,1H3/q+2. The molecule has 2 N–H and O–H groups in total. The lowest BCUT2D eigenvalue weighted by Gasteiger charge is -2.44. The predicted molar refractivity (Wildman–Crippen MR) is 98.4 cm³/mol. The number of rotatable bonds is 5. The Morgan fingerprint density at radius 2 is 2.28 bits per heavy atom. The van der Waals surface area contributed by atoms with Gasteiger partial charge in [0.2, 0.25) is 0 Å². The van der Waals surface area contributed by atoms with E-state index in [4.69, 9.17) is 0 Å². The fourth-order valence-corrected chi connectivity index (χ4v) is 5.23. The molecular formula is C17H24F2N4OS+2. The molecule has 25 heavy (non-hydrogen) atoms. The summed E-state index contributed by atoms with van der Waals surface area (Å²) in [5, 5.41) is 3.65. The second kappa shape index (κ2) is 6.93. The molecule has 0 aromatic carbocycles. The van der Waals surface area contributed by atoms with Crippen LogP contribution in [0.5, 0.6) is 0 Å². The first kappa shape index (κ1) is 17.4. The zero-order chi connectivity index (χ0) is 17.6. The second-order valence-electron chi connectivity index (χ2n) is 7.36. The van der Waals surface area contributed by atoms with Crippen molar-refractivity contribution in [3.05, 3.63) is 11.6 Å². The highest BCUT2D eigenvalue weighted by atomic mass is 32.2. The first-order chi connectivity index (χ1) is 12.0. The number of aliphatic imine (C=N–C) groups is 1. The molecule has 0 radical (unpaired) electrons. The molecule has 1 saturated carbocycles. The van der Waals surface area contributed by atoms with Crippen LogP contribution in [0.15, 0.2) is 16.6 Å². The Hall–Kier alpha value is -1.05. The van der Waals surface area contributed by atoms with E-state index in [2.05, 4.69) is 27.3 Å². The maximum absolute atomic E-state index is 12.7. The van der Waals surface area contributed by atoms with Gasteiger partial charge in [0.15, 0.2) is 0 Å². The molecule has 2 fully saturated rings. The number of allylic oxidation sites excluding steroid dienone is 2. The van der Waals surface area contributed by atoms with E-state index in [0.29, 0.717) is 31.0 Å². The summed E-state index contributed by atoms with van der Waals surface area (Å²) >= 11 is -1.94. The molecule has 0 spiro atoms. The minimum absolute atomic E-state index is 0.139. The number of fused-ring (bicyclic) bond motifs is 1. The van der Waals surface area contributed by atoms with Crippen LogP contribution in [0.2, 0.25) is 0 Å². The average molecular weight is 370 g/mol. The van der Waals surface area contributed by atoms with Gasteiger partial charge in [0, 0.05) is 49.3 Å². The van der Waals surface area contributed by atoms with Gasteiger partial charge in [0.1, 0.15) is 0 Å². The van der Waals surface area contributed by atoms with E-state index >= 15 is 0 Å². The van der Waals surface area contributed by atoms with Crippen LogP contribution in [-0.4, -0.2) is 64.0 Å². The summed E-state index contributed by atoms with van der Waals surface area (Å²) in [5.74, 6) is -1.72. The molecule has 3 aliphatic heterocycles. The number of nitrogens with one attached hydrogen (secondary N) is 1. The third-order valence-electron chi connectivity index (χ3n) is 5.68. The van der Waals surface area contributed by atoms with Crippen molar-refractivity contribution >= 4 is 29.5 Å². The first-order valence-electron chi connectivity index (χ1n) is 8.85. The lowest BCUT2D eigenvalue weighted by atomic mass is 9.70. The summed E-state index contributed by atoms with van der Waals surface area (Å²) in [5.41, 5.74) is 2.35. The van der Waals surface area contributed by atoms with Crippen molar-refractivity contribution < 1.29 is 13.3 Å². The van der Waals surface area contributed by atoms with E-state index in [1.165, 1.54) is 9.88 Å². The van der Waals surface area contributed by atoms with Crippen LogP contribution in [0.25, 0.3) is 0 Å². The maximum Gasteiger partial charge on any atom is 0.451 e. The van der Waals surface area contributed by atoms with Gasteiger partial charge in [0.05, 0.1) is 12.6 Å². The smallest absolute Gasteiger partial charge is 0.308 e. The molecule has 6 atom stereocenters. The van der Waals surface area contributed by atoms with Gasteiger partial charge >= 0.3 is 22.8 Å². The summed E-state index contributed by atoms with van der Waals surface area (Å²) in [6.07, 6.45) is 9.09. The molecule has 5 nitrogen and oxygen atoms in total. The Morgan fingerprint density at radius 3 is 2.92 bits per heavy atom. The molecule has 0 aromatic heterocycles. The van der Waals surface area contributed by atoms with Crippen molar-refractivity contribution in [2.45, 2.75) is 50.1 Å². The van der Waals surface area contributed by atoms with Gasteiger partial charge in [-0.15, -0.1) is 0 Å². The molecule has 136 valence electrons. The largest absolute Gasteiger partial charge is 0.451 e. The number of hydrogen-bond acceptors (Lipinski definition) is 4. The minimum atomic E-state index is -2.69. The zero-order valence-electron chi connectivity index (χ0n) is 14.2. The first-order valence-corrected chi connectivity index (χ1v) is 10.1. The number of halogens is 2. The van der Waals surface area contributed by atoms with E-state index in [0.717, 1.165) is 25.0 Å². The third-order valence-corrected chi connectivity index (χ3v) is 6.86. The highest BCUT2D eigenvalue weighted by Crippen LogP contribution is 2.39. The second-order valence-corrected chi connectivity index (χ2v) is 8.82. The lowest BCUT2D eigenvalue weighted by molar-refractivity contribution is 0.213. The van der Waals surface area contributed by atoms with Gasteiger partial charge in [-0.25, -0.2) is 0 Å². The fourth-order valence-electron chi connectivity index (χ4n) is 4.38. The van der Waals surface area contributed by atoms with E-state index in [1.54, 1.807) is 0 Å². The van der Waals surface area contributed by atoms with Crippen molar-refractivity contribution in [3.63, 3.8) is 0 Å². The SMILES string of the molecule is CC1=[N+]=CC(C2CC3C=NC3C(NC3CCN([S+](O)C(F)F)C3)C2)=C1. The highest BCUT2D eigenvalue weighted by Gasteiger charge is 2.46. The van der Waals surface area contributed by atoms with Crippen LogP contribution in [-0.2, 0) is 11.4 Å². The molecule has 1 saturated heterocycles. The fraction of sp³-hybridized carbons (Fsp3) is 0.706. The lowest BCUT2D eigenvalue weighted by Crippen LogP contribution is -2.55. The van der Waals surface area contributed by atoms with E-state index < -0.39 is 17.1 Å². The van der Waals surface area contributed by atoms with Crippen LogP contribution < -0.4 is 9.98 Å². The Labute approximate surface area is 149 Å². The molecule has 4 aliphatic rings. The summed E-state index contributed by atoms with van der Waals surface area (Å²) in [6, 6.07) is 0.707. The molecule has 6 unspecified atom stereocenters. The Balaban J connectivity index is 1.38. The van der Waals surface area contributed by atoms with Gasteiger partial charge in [-0.1, -0.05) is 8.97 Å². The van der Waals surface area contributed by atoms with Crippen molar-refractivity contribution in [2.75, 3.05) is 13.1 Å². The molecule has 3 heterocycles. The molecule has 0 aromatic rings. The van der Waals surface area contributed by atoms with Crippen LogP contribution in [0.3, 0.4) is 0 Å². The number of nitrogens with zero attached hydrogens (tertiary/aromatic N) is 3. The number of alkyl halides is 2. The maximum atomic E-state index is 12.7. The molecule has 0 bridgehead atoms. The highest BCUT2D eigenvalue weighted by molar-refractivity contribution is 7.89. The van der Waals surface area contributed by atoms with Gasteiger partial charge < -0.3 is 5.32 Å². The quantitative estimate of drug-likeness (QED) is 0.566. The monoisotopic (exact) mass is 370 g/mol. The van der Waals surface area contributed by atoms with E-state index in [1.807, 2.05) is 13.1 Å². The Bertz CT molecular complexity index is 661.